The molecule has 1 saturated heterocycles. The summed E-state index contributed by atoms with van der Waals surface area (Å²) in [6, 6.07) is 0. The summed E-state index contributed by atoms with van der Waals surface area (Å²) < 4.78 is 11.4. The Labute approximate surface area is 79.6 Å². The van der Waals surface area contributed by atoms with Crippen LogP contribution in [0.25, 0.3) is 0 Å². The topological polar surface area (TPSA) is 44.5 Å². The number of ether oxygens (including phenoxy) is 2. The first-order valence-electron chi connectivity index (χ1n) is 5.24. The standard InChI is InChI=1S/C10H19NO2/c1-8-6-10(12-4-5-13-10)3-2-9(8)7-11/h8-9H,2-7,11H2,1H3/t8-,9-/m1/s1. The number of hydrogen-bond acceptors (Lipinski definition) is 3. The Hall–Kier alpha value is -0.120. The van der Waals surface area contributed by atoms with Gasteiger partial charge in [0.05, 0.1) is 13.2 Å². The molecule has 2 aliphatic rings. The third-order valence-electron chi connectivity index (χ3n) is 3.45. The fourth-order valence-corrected chi connectivity index (χ4v) is 2.56. The fourth-order valence-electron chi connectivity index (χ4n) is 2.56. The van der Waals surface area contributed by atoms with Crippen molar-refractivity contribution in [2.75, 3.05) is 19.8 Å². The molecule has 3 nitrogen and oxygen atoms in total. The molecule has 0 bridgehead atoms. The maximum atomic E-state index is 5.70. The molecule has 0 aromatic rings. The molecule has 0 amide bonds. The van der Waals surface area contributed by atoms with Crippen LogP contribution in [0.2, 0.25) is 0 Å². The van der Waals surface area contributed by atoms with E-state index in [9.17, 15) is 0 Å². The molecule has 2 rings (SSSR count). The summed E-state index contributed by atoms with van der Waals surface area (Å²) in [5, 5.41) is 0. The molecular weight excluding hydrogens is 166 g/mol. The van der Waals surface area contributed by atoms with Crippen molar-refractivity contribution in [2.45, 2.75) is 32.0 Å². The maximum absolute atomic E-state index is 5.70. The second-order valence-electron chi connectivity index (χ2n) is 4.32. The SMILES string of the molecule is C[C@@H]1CC2(CC[C@@H]1CN)OCCO2. The largest absolute Gasteiger partial charge is 0.348 e. The zero-order chi connectivity index (χ0) is 9.31. The van der Waals surface area contributed by atoms with Gasteiger partial charge in [-0.15, -0.1) is 0 Å². The van der Waals surface area contributed by atoms with Crippen molar-refractivity contribution in [3.05, 3.63) is 0 Å². The van der Waals surface area contributed by atoms with E-state index in [0.717, 1.165) is 39.0 Å². The first kappa shape index (κ1) is 9.44. The molecule has 0 aromatic carbocycles. The number of rotatable bonds is 1. The molecule has 0 unspecified atom stereocenters. The summed E-state index contributed by atoms with van der Waals surface area (Å²) in [7, 11) is 0. The van der Waals surface area contributed by atoms with Gasteiger partial charge in [0.2, 0.25) is 0 Å². The highest BCUT2D eigenvalue weighted by Gasteiger charge is 2.42. The molecule has 1 aliphatic carbocycles. The van der Waals surface area contributed by atoms with Gasteiger partial charge in [0, 0.05) is 12.8 Å². The van der Waals surface area contributed by atoms with E-state index in [1.165, 1.54) is 0 Å². The zero-order valence-corrected chi connectivity index (χ0v) is 8.29. The monoisotopic (exact) mass is 185 g/mol. The zero-order valence-electron chi connectivity index (χ0n) is 8.29. The summed E-state index contributed by atoms with van der Waals surface area (Å²) in [5.74, 6) is 1.07. The summed E-state index contributed by atoms with van der Waals surface area (Å²) in [5.41, 5.74) is 5.70. The van der Waals surface area contributed by atoms with E-state index in [-0.39, 0.29) is 5.79 Å². The van der Waals surface area contributed by atoms with E-state index >= 15 is 0 Å². The van der Waals surface area contributed by atoms with Gasteiger partial charge in [-0.25, -0.2) is 0 Å². The molecule has 2 N–H and O–H groups in total. The van der Waals surface area contributed by atoms with Crippen LogP contribution in [0.3, 0.4) is 0 Å². The van der Waals surface area contributed by atoms with E-state index in [1.54, 1.807) is 0 Å². The first-order valence-corrected chi connectivity index (χ1v) is 5.24. The molecule has 1 aliphatic heterocycles. The van der Waals surface area contributed by atoms with Gasteiger partial charge in [-0.05, 0) is 24.8 Å². The van der Waals surface area contributed by atoms with E-state index < -0.39 is 0 Å². The van der Waals surface area contributed by atoms with Crippen molar-refractivity contribution in [1.82, 2.24) is 0 Å². The van der Waals surface area contributed by atoms with Crippen molar-refractivity contribution in [3.63, 3.8) is 0 Å². The average Bonchev–Trinajstić information content (AvgIpc) is 2.54. The average molecular weight is 185 g/mol. The molecule has 0 aromatic heterocycles. The Balaban J connectivity index is 1.97. The second-order valence-corrected chi connectivity index (χ2v) is 4.32. The lowest BCUT2D eigenvalue weighted by Gasteiger charge is -2.39. The highest BCUT2D eigenvalue weighted by molar-refractivity contribution is 4.86. The molecule has 2 fully saturated rings. The van der Waals surface area contributed by atoms with Crippen LogP contribution in [0, 0.1) is 11.8 Å². The van der Waals surface area contributed by atoms with Crippen LogP contribution in [-0.4, -0.2) is 25.5 Å². The molecule has 13 heavy (non-hydrogen) atoms. The van der Waals surface area contributed by atoms with Crippen LogP contribution in [0.1, 0.15) is 26.2 Å². The Morgan fingerprint density at radius 3 is 2.62 bits per heavy atom. The fraction of sp³-hybridized carbons (Fsp3) is 1.00. The Morgan fingerprint density at radius 2 is 2.08 bits per heavy atom. The quantitative estimate of drug-likeness (QED) is 0.666. The van der Waals surface area contributed by atoms with Crippen molar-refractivity contribution in [1.29, 1.82) is 0 Å². The van der Waals surface area contributed by atoms with E-state index in [1.807, 2.05) is 0 Å². The van der Waals surface area contributed by atoms with Crippen LogP contribution in [0.5, 0.6) is 0 Å². The van der Waals surface area contributed by atoms with E-state index in [0.29, 0.717) is 11.8 Å². The van der Waals surface area contributed by atoms with Crippen molar-refractivity contribution >= 4 is 0 Å². The normalized spacial score (nSPS) is 38.3. The van der Waals surface area contributed by atoms with Gasteiger partial charge in [-0.2, -0.15) is 0 Å². The van der Waals surface area contributed by atoms with Crippen LogP contribution < -0.4 is 5.73 Å². The van der Waals surface area contributed by atoms with E-state index in [2.05, 4.69) is 6.92 Å². The lowest BCUT2D eigenvalue weighted by atomic mass is 9.77. The Bertz CT molecular complexity index is 178. The van der Waals surface area contributed by atoms with Gasteiger partial charge in [0.15, 0.2) is 5.79 Å². The first-order chi connectivity index (χ1) is 6.26. The molecule has 1 heterocycles. The Morgan fingerprint density at radius 1 is 1.38 bits per heavy atom. The minimum absolute atomic E-state index is 0.231. The predicted molar refractivity (Wildman–Crippen MR) is 50.2 cm³/mol. The van der Waals surface area contributed by atoms with Crippen LogP contribution in [-0.2, 0) is 9.47 Å². The minimum atomic E-state index is -0.231. The van der Waals surface area contributed by atoms with Crippen LogP contribution in [0.4, 0.5) is 0 Å². The second kappa shape index (κ2) is 3.56. The van der Waals surface area contributed by atoms with Crippen LogP contribution in [0.15, 0.2) is 0 Å². The van der Waals surface area contributed by atoms with Gasteiger partial charge in [-0.3, -0.25) is 0 Å². The molecule has 1 saturated carbocycles. The Kier molecular flexibility index (Phi) is 2.58. The molecule has 3 heteroatoms. The van der Waals surface area contributed by atoms with Gasteiger partial charge < -0.3 is 15.2 Å². The maximum Gasteiger partial charge on any atom is 0.168 e. The number of hydrogen-bond donors (Lipinski definition) is 1. The minimum Gasteiger partial charge on any atom is -0.348 e. The molecule has 0 radical (unpaired) electrons. The molecule has 2 atom stereocenters. The lowest BCUT2D eigenvalue weighted by Crippen LogP contribution is -2.41. The van der Waals surface area contributed by atoms with Crippen molar-refractivity contribution in [2.24, 2.45) is 17.6 Å². The summed E-state index contributed by atoms with van der Waals surface area (Å²) in [6.45, 7) is 4.58. The van der Waals surface area contributed by atoms with Gasteiger partial charge in [-0.1, -0.05) is 6.92 Å². The third kappa shape index (κ3) is 1.73. The molecular formula is C10H19NO2. The summed E-state index contributed by atoms with van der Waals surface area (Å²) in [4.78, 5) is 0. The summed E-state index contributed by atoms with van der Waals surface area (Å²) in [6.07, 6.45) is 3.20. The highest BCUT2D eigenvalue weighted by atomic mass is 16.7. The van der Waals surface area contributed by atoms with Gasteiger partial charge >= 0.3 is 0 Å². The predicted octanol–water partition coefficient (Wildman–Crippen LogP) is 1.12. The lowest BCUT2D eigenvalue weighted by molar-refractivity contribution is -0.192. The third-order valence-corrected chi connectivity index (χ3v) is 3.45. The van der Waals surface area contributed by atoms with Gasteiger partial charge in [0.25, 0.3) is 0 Å². The van der Waals surface area contributed by atoms with Crippen molar-refractivity contribution in [3.8, 4) is 0 Å². The van der Waals surface area contributed by atoms with Gasteiger partial charge in [0.1, 0.15) is 0 Å². The molecule has 76 valence electrons. The smallest absolute Gasteiger partial charge is 0.168 e. The number of nitrogens with two attached hydrogens (primary N) is 1. The molecule has 1 spiro atoms. The summed E-state index contributed by atoms with van der Waals surface area (Å²) >= 11 is 0. The van der Waals surface area contributed by atoms with E-state index in [4.69, 9.17) is 15.2 Å². The highest BCUT2D eigenvalue weighted by Crippen LogP contribution is 2.40. The van der Waals surface area contributed by atoms with Crippen molar-refractivity contribution < 1.29 is 9.47 Å². The van der Waals surface area contributed by atoms with Crippen LogP contribution >= 0.6 is 0 Å².